The number of nitrogens with zero attached hydrogens (tertiary/aromatic N) is 2. The van der Waals surface area contributed by atoms with Crippen molar-refractivity contribution in [2.75, 3.05) is 5.75 Å². The number of sulfone groups is 1. The van der Waals surface area contributed by atoms with E-state index in [1.165, 1.54) is 0 Å². The summed E-state index contributed by atoms with van der Waals surface area (Å²) in [5.41, 5.74) is 1.90. The summed E-state index contributed by atoms with van der Waals surface area (Å²) in [6.45, 7) is 5.03. The van der Waals surface area contributed by atoms with Crippen LogP contribution in [-0.2, 0) is 15.4 Å². The first kappa shape index (κ1) is 22.7. The average Bonchev–Trinajstić information content (AvgIpc) is 3.41. The number of thiophene rings is 1. The molecule has 2 heterocycles. The molecule has 4 aromatic rings. The third-order valence-electron chi connectivity index (χ3n) is 5.15. The summed E-state index contributed by atoms with van der Waals surface area (Å²) in [7, 11) is -3.23. The maximum absolute atomic E-state index is 12.1. The Balaban J connectivity index is 1.77. The molecule has 0 saturated heterocycles. The van der Waals surface area contributed by atoms with Crippen molar-refractivity contribution in [3.8, 4) is 26.7 Å². The predicted molar refractivity (Wildman–Crippen MR) is 130 cm³/mol. The van der Waals surface area contributed by atoms with Crippen molar-refractivity contribution in [1.82, 2.24) is 9.78 Å². The third kappa shape index (κ3) is 4.38. The Morgan fingerprint density at radius 1 is 1.03 bits per heavy atom. The van der Waals surface area contributed by atoms with Crippen LogP contribution in [0.15, 0.2) is 71.6 Å². The second kappa shape index (κ2) is 8.48. The molecule has 32 heavy (non-hydrogen) atoms. The Kier molecular flexibility index (Phi) is 6.02. The highest BCUT2D eigenvalue weighted by atomic mass is 35.5. The molecule has 2 aromatic carbocycles. The van der Waals surface area contributed by atoms with Gasteiger partial charge in [0, 0.05) is 4.88 Å². The number of para-hydroxylation sites is 1. The number of aliphatic hydroxyl groups is 1. The molecular weight excluding hydrogens is 464 g/mol. The summed E-state index contributed by atoms with van der Waals surface area (Å²) < 4.78 is 25.9. The highest BCUT2D eigenvalue weighted by Crippen LogP contribution is 2.38. The van der Waals surface area contributed by atoms with Gasteiger partial charge in [0.05, 0.1) is 37.6 Å². The molecule has 5 nitrogen and oxygen atoms in total. The van der Waals surface area contributed by atoms with Crippen molar-refractivity contribution in [1.29, 1.82) is 0 Å². The van der Waals surface area contributed by atoms with Gasteiger partial charge in [0.1, 0.15) is 5.60 Å². The van der Waals surface area contributed by atoms with Crippen LogP contribution in [0.4, 0.5) is 0 Å². The van der Waals surface area contributed by atoms with Gasteiger partial charge < -0.3 is 5.11 Å². The zero-order valence-corrected chi connectivity index (χ0v) is 20.3. The molecular formula is C24H23ClN2O3S2. The van der Waals surface area contributed by atoms with Crippen LogP contribution in [0.25, 0.3) is 26.7 Å². The minimum atomic E-state index is -3.23. The smallest absolute Gasteiger partial charge is 0.178 e. The summed E-state index contributed by atoms with van der Waals surface area (Å²) in [6, 6.07) is 20.2. The zero-order valence-electron chi connectivity index (χ0n) is 17.9. The van der Waals surface area contributed by atoms with Crippen LogP contribution in [0, 0.1) is 0 Å². The van der Waals surface area contributed by atoms with E-state index in [-0.39, 0.29) is 5.75 Å². The standard InChI is InChI=1S/C24H23ClN2O3S2/c1-4-32(29,30)17-11-9-16(10-12-17)21-13-14-22(31-21)20-15-23(24(2,3)28)26-27(20)19-8-6-5-7-18(19)25/h5-15,28H,4H2,1-3H3. The first-order valence-corrected chi connectivity index (χ1v) is 13.0. The summed E-state index contributed by atoms with van der Waals surface area (Å²) in [6.07, 6.45) is 0. The first-order valence-electron chi connectivity index (χ1n) is 10.1. The summed E-state index contributed by atoms with van der Waals surface area (Å²) in [4.78, 5) is 2.28. The molecule has 1 N–H and O–H groups in total. The van der Waals surface area contributed by atoms with Crippen molar-refractivity contribution in [3.05, 3.63) is 77.4 Å². The number of rotatable bonds is 6. The van der Waals surface area contributed by atoms with Crippen molar-refractivity contribution < 1.29 is 13.5 Å². The second-order valence-electron chi connectivity index (χ2n) is 7.93. The Hall–Kier alpha value is -2.45. The Labute approximate surface area is 196 Å². The molecule has 0 fully saturated rings. The summed E-state index contributed by atoms with van der Waals surface area (Å²) in [5.74, 6) is 0.0745. The van der Waals surface area contributed by atoms with Crippen molar-refractivity contribution >= 4 is 32.8 Å². The van der Waals surface area contributed by atoms with E-state index in [0.29, 0.717) is 15.6 Å². The van der Waals surface area contributed by atoms with Gasteiger partial charge >= 0.3 is 0 Å². The van der Waals surface area contributed by atoms with Gasteiger partial charge in [0.2, 0.25) is 0 Å². The molecule has 0 aliphatic carbocycles. The third-order valence-corrected chi connectivity index (χ3v) is 8.38. The van der Waals surface area contributed by atoms with Crippen molar-refractivity contribution in [2.24, 2.45) is 0 Å². The molecule has 8 heteroatoms. The molecule has 2 aromatic heterocycles. The molecule has 166 valence electrons. The number of hydrogen-bond acceptors (Lipinski definition) is 5. The van der Waals surface area contributed by atoms with Crippen LogP contribution in [0.2, 0.25) is 5.02 Å². The summed E-state index contributed by atoms with van der Waals surface area (Å²) >= 11 is 8.00. The fraction of sp³-hybridized carbons (Fsp3) is 0.208. The largest absolute Gasteiger partial charge is 0.384 e. The lowest BCUT2D eigenvalue weighted by Crippen LogP contribution is -2.16. The molecule has 0 atom stereocenters. The van der Waals surface area contributed by atoms with E-state index in [4.69, 9.17) is 11.6 Å². The van der Waals surface area contributed by atoms with Gasteiger partial charge in [-0.2, -0.15) is 5.10 Å². The maximum atomic E-state index is 12.1. The van der Waals surface area contributed by atoms with Crippen LogP contribution >= 0.6 is 22.9 Å². The van der Waals surface area contributed by atoms with Crippen LogP contribution in [0.3, 0.4) is 0 Å². The van der Waals surface area contributed by atoms with Crippen molar-refractivity contribution in [3.63, 3.8) is 0 Å². The number of hydrogen-bond donors (Lipinski definition) is 1. The minimum Gasteiger partial charge on any atom is -0.384 e. The quantitative estimate of drug-likeness (QED) is 0.366. The van der Waals surface area contributed by atoms with E-state index in [2.05, 4.69) is 5.10 Å². The topological polar surface area (TPSA) is 72.2 Å². The van der Waals surface area contributed by atoms with Gasteiger partial charge in [-0.25, -0.2) is 13.1 Å². The van der Waals surface area contributed by atoms with Crippen LogP contribution in [0.1, 0.15) is 26.5 Å². The molecule has 0 aliphatic rings. The van der Waals surface area contributed by atoms with E-state index in [1.54, 1.807) is 55.0 Å². The molecule has 0 bridgehead atoms. The molecule has 0 aliphatic heterocycles. The van der Waals surface area contributed by atoms with Gasteiger partial charge in [-0.05, 0) is 61.9 Å². The first-order chi connectivity index (χ1) is 15.1. The fourth-order valence-corrected chi connectivity index (χ4v) is 5.40. The van der Waals surface area contributed by atoms with E-state index >= 15 is 0 Å². The Morgan fingerprint density at radius 2 is 1.69 bits per heavy atom. The van der Waals surface area contributed by atoms with Gasteiger partial charge in [0.15, 0.2) is 9.84 Å². The van der Waals surface area contributed by atoms with Gasteiger partial charge in [-0.15, -0.1) is 11.3 Å². The second-order valence-corrected chi connectivity index (χ2v) is 11.7. The predicted octanol–water partition coefficient (Wildman–Crippen LogP) is 5.94. The molecule has 0 spiro atoms. The highest BCUT2D eigenvalue weighted by molar-refractivity contribution is 7.91. The SMILES string of the molecule is CCS(=O)(=O)c1ccc(-c2ccc(-c3cc(C(C)(C)O)nn3-c3ccccc3Cl)s2)cc1. The maximum Gasteiger partial charge on any atom is 0.178 e. The molecule has 0 radical (unpaired) electrons. The normalized spacial score (nSPS) is 12.3. The van der Waals surface area contributed by atoms with Crippen molar-refractivity contribution in [2.45, 2.75) is 31.3 Å². The Bertz CT molecular complexity index is 1360. The van der Waals surface area contributed by atoms with Crippen LogP contribution in [0.5, 0.6) is 0 Å². The van der Waals surface area contributed by atoms with Gasteiger partial charge in [-0.1, -0.05) is 42.8 Å². The lowest BCUT2D eigenvalue weighted by atomic mass is 10.1. The molecule has 0 saturated carbocycles. The Morgan fingerprint density at radius 3 is 2.31 bits per heavy atom. The van der Waals surface area contributed by atoms with Crippen LogP contribution < -0.4 is 0 Å². The zero-order chi connectivity index (χ0) is 23.1. The lowest BCUT2D eigenvalue weighted by molar-refractivity contribution is 0.0734. The average molecular weight is 487 g/mol. The lowest BCUT2D eigenvalue weighted by Gasteiger charge is -2.13. The van der Waals surface area contributed by atoms with Crippen LogP contribution in [-0.4, -0.2) is 29.1 Å². The van der Waals surface area contributed by atoms with E-state index < -0.39 is 15.4 Å². The molecule has 0 unspecified atom stereocenters. The number of aromatic nitrogens is 2. The molecule has 4 rings (SSSR count). The van der Waals surface area contributed by atoms with E-state index in [0.717, 1.165) is 26.7 Å². The number of benzene rings is 2. The fourth-order valence-electron chi connectivity index (χ4n) is 3.29. The molecule has 0 amide bonds. The monoisotopic (exact) mass is 486 g/mol. The van der Waals surface area contributed by atoms with Gasteiger partial charge in [-0.3, -0.25) is 0 Å². The minimum absolute atomic E-state index is 0.0745. The van der Waals surface area contributed by atoms with Gasteiger partial charge in [0.25, 0.3) is 0 Å². The van der Waals surface area contributed by atoms with E-state index in [1.807, 2.05) is 48.5 Å². The summed E-state index contributed by atoms with van der Waals surface area (Å²) in [5, 5.41) is 15.7. The highest BCUT2D eigenvalue weighted by Gasteiger charge is 2.24. The van der Waals surface area contributed by atoms with E-state index in [9.17, 15) is 13.5 Å². The number of halogens is 1.